The highest BCUT2D eigenvalue weighted by Crippen LogP contribution is 1.95. The largest absolute Gasteiger partial charge is 0.369 e. The fourth-order valence-electron chi connectivity index (χ4n) is 1.24. The Morgan fingerprint density at radius 1 is 1.54 bits per heavy atom. The molecule has 78 valence electrons. The molecular weight excluding hydrogens is 166 g/mol. The van der Waals surface area contributed by atoms with Crippen LogP contribution in [-0.2, 0) is 4.79 Å². The number of rotatable bonds is 7. The molecule has 0 aromatic heterocycles. The maximum atomic E-state index is 10.7. The lowest BCUT2D eigenvalue weighted by Gasteiger charge is -2.22. The summed E-state index contributed by atoms with van der Waals surface area (Å²) in [5.41, 5.74) is 10.8. The summed E-state index contributed by atoms with van der Waals surface area (Å²) in [5, 5.41) is 0. The van der Waals surface area contributed by atoms with E-state index in [9.17, 15) is 4.79 Å². The number of nitrogens with two attached hydrogens (primary N) is 2. The van der Waals surface area contributed by atoms with Gasteiger partial charge in [0.2, 0.25) is 5.91 Å². The average Bonchev–Trinajstić information content (AvgIpc) is 1.98. The van der Waals surface area contributed by atoms with Crippen LogP contribution in [0.25, 0.3) is 0 Å². The first-order chi connectivity index (χ1) is 6.06. The van der Waals surface area contributed by atoms with Crippen LogP contribution in [0.4, 0.5) is 0 Å². The molecule has 13 heavy (non-hydrogen) atoms. The molecule has 0 aromatic carbocycles. The number of carbonyl (C=O) groups excluding carboxylic acids is 1. The Balaban J connectivity index is 3.80. The van der Waals surface area contributed by atoms with Gasteiger partial charge in [0.05, 0.1) is 6.54 Å². The summed E-state index contributed by atoms with van der Waals surface area (Å²) in [6, 6.07) is 0.0937. The quantitative estimate of drug-likeness (QED) is 0.585. The van der Waals surface area contributed by atoms with Gasteiger partial charge >= 0.3 is 0 Å². The van der Waals surface area contributed by atoms with Crippen molar-refractivity contribution in [3.63, 3.8) is 0 Å². The molecule has 0 aliphatic carbocycles. The smallest absolute Gasteiger partial charge is 0.231 e. The molecule has 0 rings (SSSR count). The predicted octanol–water partition coefficient (Wildman–Crippen LogP) is -0.0790. The van der Waals surface area contributed by atoms with Gasteiger partial charge in [-0.05, 0) is 19.9 Å². The fraction of sp³-hybridized carbons (Fsp3) is 0.889. The van der Waals surface area contributed by atoms with Crippen molar-refractivity contribution in [2.75, 3.05) is 19.6 Å². The van der Waals surface area contributed by atoms with Gasteiger partial charge in [-0.2, -0.15) is 0 Å². The van der Waals surface area contributed by atoms with Gasteiger partial charge in [-0.25, -0.2) is 0 Å². The van der Waals surface area contributed by atoms with Crippen LogP contribution in [0.2, 0.25) is 0 Å². The summed E-state index contributed by atoms with van der Waals surface area (Å²) < 4.78 is 0. The third-order valence-corrected chi connectivity index (χ3v) is 1.75. The number of unbranched alkanes of at least 4 members (excludes halogenated alkanes) is 1. The molecule has 0 spiro atoms. The van der Waals surface area contributed by atoms with E-state index < -0.39 is 0 Å². The van der Waals surface area contributed by atoms with Crippen LogP contribution in [0.3, 0.4) is 0 Å². The molecule has 1 unspecified atom stereocenters. The molecule has 4 N–H and O–H groups in total. The predicted molar refractivity (Wildman–Crippen MR) is 54.2 cm³/mol. The van der Waals surface area contributed by atoms with Crippen LogP contribution in [0.5, 0.6) is 0 Å². The number of amides is 1. The highest BCUT2D eigenvalue weighted by Gasteiger charge is 2.08. The van der Waals surface area contributed by atoms with Crippen molar-refractivity contribution in [2.45, 2.75) is 32.7 Å². The molecule has 0 aromatic rings. The van der Waals surface area contributed by atoms with Crippen molar-refractivity contribution < 1.29 is 4.79 Å². The third kappa shape index (κ3) is 7.74. The Kier molecular flexibility index (Phi) is 6.54. The SMILES string of the molecule is CCCCN(CC(N)=O)CC(C)N. The van der Waals surface area contributed by atoms with Gasteiger partial charge in [0.1, 0.15) is 0 Å². The second-order valence-electron chi connectivity index (χ2n) is 3.53. The van der Waals surface area contributed by atoms with E-state index in [1.807, 2.05) is 11.8 Å². The molecule has 0 saturated carbocycles. The second-order valence-corrected chi connectivity index (χ2v) is 3.53. The van der Waals surface area contributed by atoms with E-state index >= 15 is 0 Å². The molecule has 0 bridgehead atoms. The van der Waals surface area contributed by atoms with Gasteiger partial charge in [-0.15, -0.1) is 0 Å². The lowest BCUT2D eigenvalue weighted by atomic mass is 10.2. The summed E-state index contributed by atoms with van der Waals surface area (Å²) in [4.78, 5) is 12.7. The van der Waals surface area contributed by atoms with Gasteiger partial charge < -0.3 is 11.5 Å². The lowest BCUT2D eigenvalue weighted by molar-refractivity contribution is -0.119. The number of primary amides is 1. The van der Waals surface area contributed by atoms with E-state index in [2.05, 4.69) is 6.92 Å². The first kappa shape index (κ1) is 12.4. The summed E-state index contributed by atoms with van der Waals surface area (Å²) in [7, 11) is 0. The average molecular weight is 187 g/mol. The van der Waals surface area contributed by atoms with E-state index in [0.29, 0.717) is 6.54 Å². The van der Waals surface area contributed by atoms with Gasteiger partial charge in [0.15, 0.2) is 0 Å². The molecule has 1 amide bonds. The molecular formula is C9H21N3O. The summed E-state index contributed by atoms with van der Waals surface area (Å²) in [6.07, 6.45) is 2.20. The van der Waals surface area contributed by atoms with Gasteiger partial charge in [-0.1, -0.05) is 13.3 Å². The molecule has 4 nitrogen and oxygen atoms in total. The van der Waals surface area contributed by atoms with Gasteiger partial charge in [0.25, 0.3) is 0 Å². The Labute approximate surface area is 80.3 Å². The van der Waals surface area contributed by atoms with Crippen molar-refractivity contribution in [3.05, 3.63) is 0 Å². The number of hydrogen-bond donors (Lipinski definition) is 2. The zero-order valence-electron chi connectivity index (χ0n) is 8.62. The molecule has 1 atom stereocenters. The number of hydrogen-bond acceptors (Lipinski definition) is 3. The van der Waals surface area contributed by atoms with Crippen molar-refractivity contribution in [1.82, 2.24) is 4.90 Å². The van der Waals surface area contributed by atoms with E-state index in [0.717, 1.165) is 25.9 Å². The fourth-order valence-corrected chi connectivity index (χ4v) is 1.24. The standard InChI is InChI=1S/C9H21N3O/c1-3-4-5-12(6-8(2)10)7-9(11)13/h8H,3-7,10H2,1-2H3,(H2,11,13). The van der Waals surface area contributed by atoms with E-state index in [4.69, 9.17) is 11.5 Å². The summed E-state index contributed by atoms with van der Waals surface area (Å²) in [6.45, 7) is 6.01. The van der Waals surface area contributed by atoms with E-state index in [1.165, 1.54) is 0 Å². The summed E-state index contributed by atoms with van der Waals surface area (Å²) in [5.74, 6) is -0.281. The third-order valence-electron chi connectivity index (χ3n) is 1.75. The minimum absolute atomic E-state index is 0.0937. The first-order valence-corrected chi connectivity index (χ1v) is 4.82. The van der Waals surface area contributed by atoms with Crippen LogP contribution in [0.1, 0.15) is 26.7 Å². The van der Waals surface area contributed by atoms with Crippen LogP contribution in [-0.4, -0.2) is 36.5 Å². The van der Waals surface area contributed by atoms with Crippen LogP contribution in [0, 0.1) is 0 Å². The molecule has 0 fully saturated rings. The topological polar surface area (TPSA) is 72.3 Å². The normalized spacial score (nSPS) is 13.2. The van der Waals surface area contributed by atoms with Crippen LogP contribution >= 0.6 is 0 Å². The molecule has 0 radical (unpaired) electrons. The molecule has 4 heteroatoms. The van der Waals surface area contributed by atoms with Gasteiger partial charge in [-0.3, -0.25) is 9.69 Å². The lowest BCUT2D eigenvalue weighted by Crippen LogP contribution is -2.41. The van der Waals surface area contributed by atoms with Crippen molar-refractivity contribution in [2.24, 2.45) is 11.5 Å². The van der Waals surface area contributed by atoms with E-state index in [1.54, 1.807) is 0 Å². The van der Waals surface area contributed by atoms with Crippen molar-refractivity contribution >= 4 is 5.91 Å². The Morgan fingerprint density at radius 3 is 2.54 bits per heavy atom. The highest BCUT2D eigenvalue weighted by atomic mass is 16.1. The molecule has 0 heterocycles. The van der Waals surface area contributed by atoms with Gasteiger partial charge in [0, 0.05) is 12.6 Å². The highest BCUT2D eigenvalue weighted by molar-refractivity contribution is 5.75. The van der Waals surface area contributed by atoms with Crippen molar-refractivity contribution in [1.29, 1.82) is 0 Å². The minimum Gasteiger partial charge on any atom is -0.369 e. The van der Waals surface area contributed by atoms with Crippen molar-refractivity contribution in [3.8, 4) is 0 Å². The monoisotopic (exact) mass is 187 g/mol. The van der Waals surface area contributed by atoms with Crippen LogP contribution < -0.4 is 11.5 Å². The maximum absolute atomic E-state index is 10.7. The molecule has 0 aliphatic rings. The molecule has 0 aliphatic heterocycles. The summed E-state index contributed by atoms with van der Waals surface area (Å²) >= 11 is 0. The number of nitrogens with zero attached hydrogens (tertiary/aromatic N) is 1. The Morgan fingerprint density at radius 2 is 2.15 bits per heavy atom. The van der Waals surface area contributed by atoms with E-state index in [-0.39, 0.29) is 11.9 Å². The zero-order valence-corrected chi connectivity index (χ0v) is 8.62. The minimum atomic E-state index is -0.281. The first-order valence-electron chi connectivity index (χ1n) is 4.82. The maximum Gasteiger partial charge on any atom is 0.231 e. The Hall–Kier alpha value is -0.610. The second kappa shape index (κ2) is 6.86. The zero-order chi connectivity index (χ0) is 10.3. The number of carbonyl (C=O) groups is 1. The Bertz CT molecular complexity index is 148. The molecule has 0 saturated heterocycles. The van der Waals surface area contributed by atoms with Crippen LogP contribution in [0.15, 0.2) is 0 Å².